The molecule has 0 spiro atoms. The molecule has 10 nitrogen and oxygen atoms in total. The van der Waals surface area contributed by atoms with Crippen molar-refractivity contribution in [2.75, 3.05) is 14.0 Å². The highest BCUT2D eigenvalue weighted by atomic mass is 32.2. The van der Waals surface area contributed by atoms with Gasteiger partial charge in [0, 0.05) is 28.4 Å². The Morgan fingerprint density at radius 3 is 2.62 bits per heavy atom. The van der Waals surface area contributed by atoms with E-state index in [1.165, 1.54) is 10.0 Å². The first-order valence-corrected chi connectivity index (χ1v) is 6.48. The maximum absolute atomic E-state index is 12.5. The number of primary amides is 1. The molecule has 0 aliphatic carbocycles. The van der Waals surface area contributed by atoms with Gasteiger partial charge in [-0.1, -0.05) is 0 Å². The van der Waals surface area contributed by atoms with Gasteiger partial charge in [0.25, 0.3) is 15.9 Å². The highest BCUT2D eigenvalue weighted by Crippen LogP contribution is 2.13. The molecule has 1 rings (SSSR count). The maximum atomic E-state index is 12.5. The highest BCUT2D eigenvalue weighted by molar-refractivity contribution is 7.90. The van der Waals surface area contributed by atoms with Crippen molar-refractivity contribution < 1.29 is 31.0 Å². The standard InChI is InChI=1S/C10H13N5O5S/c1-15(2)8(16)6-4-3-5-12-7(6)21(19,20)14-10(18)13-9(11)17/h3-5H,1-2H3,(H4,11,13,14,17,18)/i1D3,2D3. The topological polar surface area (TPSA) is 152 Å². The Morgan fingerprint density at radius 2 is 2.05 bits per heavy atom. The lowest BCUT2D eigenvalue weighted by atomic mass is 10.2. The number of pyridine rings is 1. The molecule has 1 aromatic rings. The van der Waals surface area contributed by atoms with Crippen molar-refractivity contribution >= 4 is 28.0 Å². The average molecular weight is 321 g/mol. The number of sulfonamides is 1. The molecule has 1 aromatic heterocycles. The van der Waals surface area contributed by atoms with Crippen molar-refractivity contribution in [3.8, 4) is 0 Å². The van der Waals surface area contributed by atoms with Gasteiger partial charge in [-0.25, -0.2) is 19.3 Å². The zero-order valence-corrected chi connectivity index (χ0v) is 11.0. The first-order chi connectivity index (χ1) is 12.1. The maximum Gasteiger partial charge on any atom is 0.336 e. The Bertz CT molecular complexity index is 854. The number of nitrogens with one attached hydrogen (secondary N) is 2. The van der Waals surface area contributed by atoms with Crippen LogP contribution in [0.2, 0.25) is 0 Å². The quantitative estimate of drug-likeness (QED) is 0.639. The van der Waals surface area contributed by atoms with Crippen molar-refractivity contribution in [2.24, 2.45) is 5.73 Å². The molecule has 0 unspecified atom stereocenters. The van der Waals surface area contributed by atoms with E-state index in [4.69, 9.17) is 8.22 Å². The molecule has 0 radical (unpaired) electrons. The minimum Gasteiger partial charge on any atom is -0.351 e. The summed E-state index contributed by atoms with van der Waals surface area (Å²) in [5.41, 5.74) is 3.73. The van der Waals surface area contributed by atoms with Crippen LogP contribution in [0.4, 0.5) is 9.59 Å². The molecule has 0 saturated carbocycles. The van der Waals surface area contributed by atoms with Crippen molar-refractivity contribution in [3.05, 3.63) is 23.9 Å². The molecule has 0 aliphatic rings. The number of imide groups is 1. The van der Waals surface area contributed by atoms with E-state index in [0.29, 0.717) is 0 Å². The summed E-state index contributed by atoms with van der Waals surface area (Å²) in [6.07, 6.45) is 0.895. The molecule has 0 bridgehead atoms. The summed E-state index contributed by atoms with van der Waals surface area (Å²) in [5, 5.41) is 0.264. The van der Waals surface area contributed by atoms with Crippen molar-refractivity contribution in [2.45, 2.75) is 5.03 Å². The summed E-state index contributed by atoms with van der Waals surface area (Å²) in [4.78, 5) is 37.3. The molecule has 114 valence electrons. The van der Waals surface area contributed by atoms with Crippen molar-refractivity contribution in [1.82, 2.24) is 19.9 Å². The van der Waals surface area contributed by atoms with Gasteiger partial charge in [0.05, 0.1) is 5.56 Å². The highest BCUT2D eigenvalue weighted by Gasteiger charge is 2.26. The lowest BCUT2D eigenvalue weighted by Gasteiger charge is -2.13. The van der Waals surface area contributed by atoms with E-state index in [0.717, 1.165) is 18.3 Å². The van der Waals surface area contributed by atoms with Gasteiger partial charge < -0.3 is 10.6 Å². The fraction of sp³-hybridized carbons (Fsp3) is 0.200. The van der Waals surface area contributed by atoms with Gasteiger partial charge in [-0.15, -0.1) is 0 Å². The molecule has 0 saturated heterocycles. The minimum absolute atomic E-state index is 0.473. The fourth-order valence-corrected chi connectivity index (χ4v) is 2.23. The molecule has 11 heteroatoms. The van der Waals surface area contributed by atoms with Crippen LogP contribution in [0.15, 0.2) is 23.4 Å². The first-order valence-electron chi connectivity index (χ1n) is 8.00. The van der Waals surface area contributed by atoms with Crippen molar-refractivity contribution in [1.29, 1.82) is 0 Å². The largest absolute Gasteiger partial charge is 0.351 e. The number of hydrogen-bond donors (Lipinski definition) is 3. The van der Waals surface area contributed by atoms with Crippen LogP contribution in [0.3, 0.4) is 0 Å². The third-order valence-electron chi connectivity index (χ3n) is 1.92. The molecule has 4 N–H and O–H groups in total. The number of amides is 5. The van der Waals surface area contributed by atoms with Crippen LogP contribution in [0.5, 0.6) is 0 Å². The van der Waals surface area contributed by atoms with Crippen LogP contribution in [-0.4, -0.2) is 50.2 Å². The van der Waals surface area contributed by atoms with E-state index in [2.05, 4.69) is 10.7 Å². The predicted octanol–water partition coefficient (Wildman–Crippen LogP) is -1.15. The second-order valence-electron chi connectivity index (χ2n) is 3.42. The van der Waals surface area contributed by atoms with E-state index in [9.17, 15) is 22.8 Å². The van der Waals surface area contributed by atoms with Gasteiger partial charge in [-0.2, -0.15) is 8.42 Å². The summed E-state index contributed by atoms with van der Waals surface area (Å²) >= 11 is 0. The number of rotatable bonds is 3. The van der Waals surface area contributed by atoms with Gasteiger partial charge >= 0.3 is 12.1 Å². The van der Waals surface area contributed by atoms with Crippen LogP contribution >= 0.6 is 0 Å². The molecule has 0 fully saturated rings. The van der Waals surface area contributed by atoms with Gasteiger partial charge in [0.2, 0.25) is 0 Å². The summed E-state index contributed by atoms with van der Waals surface area (Å²) < 4.78 is 69.1. The van der Waals surface area contributed by atoms with Crippen LogP contribution in [0, 0.1) is 0 Å². The van der Waals surface area contributed by atoms with E-state index >= 15 is 0 Å². The Morgan fingerprint density at radius 1 is 1.38 bits per heavy atom. The zero-order valence-electron chi connectivity index (χ0n) is 16.2. The number of nitrogens with zero attached hydrogens (tertiary/aromatic N) is 2. The lowest BCUT2D eigenvalue weighted by Crippen LogP contribution is -2.45. The van der Waals surface area contributed by atoms with Crippen LogP contribution in [0.1, 0.15) is 18.6 Å². The van der Waals surface area contributed by atoms with Gasteiger partial charge in [-0.05, 0) is 12.1 Å². The Kier molecular flexibility index (Phi) is 2.73. The molecule has 0 aliphatic heterocycles. The summed E-state index contributed by atoms with van der Waals surface area (Å²) in [5.74, 6) is -1.70. The number of hydrogen-bond acceptors (Lipinski definition) is 6. The van der Waals surface area contributed by atoms with E-state index in [-0.39, 0.29) is 0 Å². The van der Waals surface area contributed by atoms with Gasteiger partial charge in [0.15, 0.2) is 5.03 Å². The number of carbonyl (C=O) groups is 3. The molecule has 21 heavy (non-hydrogen) atoms. The lowest BCUT2D eigenvalue weighted by molar-refractivity contribution is 0.0823. The minimum atomic E-state index is -4.90. The molecular formula is C10H13N5O5S. The van der Waals surface area contributed by atoms with Gasteiger partial charge in [-0.3, -0.25) is 10.1 Å². The third kappa shape index (κ3) is 4.14. The summed E-state index contributed by atoms with van der Waals surface area (Å²) in [7, 11) is -4.90. The fourth-order valence-electron chi connectivity index (χ4n) is 1.20. The van der Waals surface area contributed by atoms with Crippen molar-refractivity contribution in [3.63, 3.8) is 0 Å². The number of urea groups is 2. The molecule has 1 heterocycles. The number of nitrogens with two attached hydrogens (primary N) is 1. The van der Waals surface area contributed by atoms with Crippen LogP contribution in [-0.2, 0) is 10.0 Å². The second-order valence-corrected chi connectivity index (χ2v) is 5.02. The second kappa shape index (κ2) is 6.17. The first kappa shape index (κ1) is 9.28. The number of aromatic nitrogens is 1. The molecule has 0 atom stereocenters. The molecule has 0 aromatic carbocycles. The molecular weight excluding hydrogens is 302 g/mol. The SMILES string of the molecule is [2H]C([2H])([2H])N(C(=O)c1cccnc1S(=O)(=O)NC(=O)NC(N)=O)C([2H])([2H])[2H]. The summed E-state index contributed by atoms with van der Waals surface area (Å²) in [6.45, 7) is -6.87. The number of carbonyl (C=O) groups excluding carboxylic acids is 3. The Balaban J connectivity index is 3.43. The monoisotopic (exact) mass is 321 g/mol. The molecule has 5 amide bonds. The van der Waals surface area contributed by atoms with E-state index < -0.39 is 57.4 Å². The smallest absolute Gasteiger partial charge is 0.336 e. The van der Waals surface area contributed by atoms with Crippen LogP contribution in [0.25, 0.3) is 0 Å². The normalized spacial score (nSPS) is 16.0. The van der Waals surface area contributed by atoms with E-state index in [1.54, 1.807) is 0 Å². The summed E-state index contributed by atoms with van der Waals surface area (Å²) in [6, 6.07) is -1.10. The van der Waals surface area contributed by atoms with E-state index in [1.807, 2.05) is 0 Å². The Hall–Kier alpha value is -2.69. The Labute approximate surface area is 128 Å². The predicted molar refractivity (Wildman–Crippen MR) is 70.7 cm³/mol. The zero-order chi connectivity index (χ0) is 21.2. The van der Waals surface area contributed by atoms with Crippen LogP contribution < -0.4 is 15.8 Å². The van der Waals surface area contributed by atoms with Gasteiger partial charge in [0.1, 0.15) is 0 Å². The average Bonchev–Trinajstić information content (AvgIpc) is 2.42. The third-order valence-corrected chi connectivity index (χ3v) is 3.21.